The summed E-state index contributed by atoms with van der Waals surface area (Å²) in [5, 5.41) is 29.2. The molecule has 3 N–H and O–H groups in total. The van der Waals surface area contributed by atoms with Crippen molar-refractivity contribution in [3.63, 3.8) is 0 Å². The molecule has 4 nitrogen and oxygen atoms in total. The van der Waals surface area contributed by atoms with E-state index in [9.17, 15) is 20.1 Å². The Hall–Kier alpha value is -1.39. The Balaban J connectivity index is 1.80. The van der Waals surface area contributed by atoms with Gasteiger partial charge in [0.2, 0.25) is 0 Å². The van der Waals surface area contributed by atoms with Crippen LogP contribution in [0.4, 0.5) is 0 Å². The Morgan fingerprint density at radius 1 is 1.33 bits per heavy atom. The summed E-state index contributed by atoms with van der Waals surface area (Å²) < 4.78 is 0. The number of hydrogen-bond acceptors (Lipinski definition) is 3. The molecule has 6 atom stereocenters. The molecule has 27 heavy (non-hydrogen) atoms. The first-order chi connectivity index (χ1) is 12.7. The molecule has 0 heterocycles. The van der Waals surface area contributed by atoms with Gasteiger partial charge in [-0.3, -0.25) is 4.79 Å². The van der Waals surface area contributed by atoms with Crippen LogP contribution in [-0.4, -0.2) is 33.5 Å². The van der Waals surface area contributed by atoms with Crippen LogP contribution in [0.1, 0.15) is 65.2 Å². The van der Waals surface area contributed by atoms with Crippen LogP contribution in [0.3, 0.4) is 0 Å². The number of carboxylic acid groups (broad SMARTS) is 1. The third kappa shape index (κ3) is 4.07. The number of carboxylic acids is 1. The Bertz CT molecular complexity index is 661. The van der Waals surface area contributed by atoms with Crippen LogP contribution < -0.4 is 0 Å². The van der Waals surface area contributed by atoms with Gasteiger partial charge in [-0.1, -0.05) is 38.2 Å². The minimum atomic E-state index is -0.696. The van der Waals surface area contributed by atoms with Crippen molar-refractivity contribution in [3.05, 3.63) is 35.5 Å². The lowest BCUT2D eigenvalue weighted by molar-refractivity contribution is -0.138. The van der Waals surface area contributed by atoms with Crippen molar-refractivity contribution in [2.45, 2.75) is 77.4 Å². The number of hydrogen-bond donors (Lipinski definition) is 3. The zero-order valence-corrected chi connectivity index (χ0v) is 16.7. The quantitative estimate of drug-likeness (QED) is 0.688. The lowest BCUT2D eigenvalue weighted by Crippen LogP contribution is -2.36. The molecular weight excluding hydrogens is 340 g/mol. The molecule has 0 aromatic heterocycles. The van der Waals surface area contributed by atoms with Gasteiger partial charge in [0.15, 0.2) is 0 Å². The van der Waals surface area contributed by atoms with Gasteiger partial charge in [0.05, 0.1) is 12.2 Å². The predicted octanol–water partition coefficient (Wildman–Crippen LogP) is 4.24. The van der Waals surface area contributed by atoms with E-state index in [2.05, 4.69) is 32.6 Å². The highest BCUT2D eigenvalue weighted by molar-refractivity contribution is 5.67. The van der Waals surface area contributed by atoms with Crippen LogP contribution in [0.5, 0.6) is 0 Å². The maximum Gasteiger partial charge on any atom is 0.303 e. The summed E-state index contributed by atoms with van der Waals surface area (Å²) in [4.78, 5) is 11.2. The van der Waals surface area contributed by atoms with Crippen molar-refractivity contribution >= 4 is 5.97 Å². The summed E-state index contributed by atoms with van der Waals surface area (Å²) in [7, 11) is 0. The zero-order valence-electron chi connectivity index (χ0n) is 16.7. The van der Waals surface area contributed by atoms with Crippen LogP contribution in [0.15, 0.2) is 35.5 Å². The summed E-state index contributed by atoms with van der Waals surface area (Å²) in [6.45, 7) is 8.46. The normalized spacial score (nSPS) is 41.0. The number of allylic oxidation sites excluding steroid dienone is 3. The third-order valence-electron chi connectivity index (χ3n) is 7.49. The van der Waals surface area contributed by atoms with Gasteiger partial charge in [0.1, 0.15) is 0 Å². The average Bonchev–Trinajstić information content (AvgIpc) is 2.93. The van der Waals surface area contributed by atoms with Crippen LogP contribution in [-0.2, 0) is 4.79 Å². The van der Waals surface area contributed by atoms with Crippen LogP contribution in [0, 0.1) is 23.2 Å². The first kappa shape index (κ1) is 20.3. The van der Waals surface area contributed by atoms with E-state index in [0.29, 0.717) is 24.7 Å². The van der Waals surface area contributed by atoms with Crippen molar-refractivity contribution in [3.8, 4) is 0 Å². The lowest BCUT2D eigenvalue weighted by Gasteiger charge is -2.44. The zero-order chi connectivity index (χ0) is 19.8. The molecular formula is C23H34O4. The van der Waals surface area contributed by atoms with Gasteiger partial charge < -0.3 is 15.3 Å². The lowest BCUT2D eigenvalue weighted by atomic mass is 9.61. The highest BCUT2D eigenvalue weighted by Gasteiger charge is 2.50. The predicted molar refractivity (Wildman–Crippen MR) is 106 cm³/mol. The molecule has 3 aliphatic rings. The number of rotatable bonds is 4. The summed E-state index contributed by atoms with van der Waals surface area (Å²) in [5.74, 6) is 0.483. The second-order valence-electron chi connectivity index (χ2n) is 9.24. The molecule has 0 amide bonds. The maximum atomic E-state index is 11.2. The molecule has 0 saturated heterocycles. The summed E-state index contributed by atoms with van der Waals surface area (Å²) in [6, 6.07) is 0. The molecule has 4 heteroatoms. The molecule has 150 valence electrons. The van der Waals surface area contributed by atoms with Gasteiger partial charge in [-0.25, -0.2) is 0 Å². The van der Waals surface area contributed by atoms with E-state index >= 15 is 0 Å². The maximum absolute atomic E-state index is 11.2. The van der Waals surface area contributed by atoms with Crippen LogP contribution in [0.25, 0.3) is 0 Å². The Kier molecular flexibility index (Phi) is 5.97. The van der Waals surface area contributed by atoms with Crippen LogP contribution >= 0.6 is 0 Å². The van der Waals surface area contributed by atoms with E-state index in [1.807, 2.05) is 0 Å². The minimum Gasteiger partial charge on any atom is -0.481 e. The van der Waals surface area contributed by atoms with Crippen molar-refractivity contribution in [2.75, 3.05) is 0 Å². The standard InChI is InChI=1S/C23H34O4/c1-14(11-22(26)27)19-8-9-20-16(5-4-10-23(19,20)3)6-7-17-12-18(24)13-21(25)15(17)2/h6-7,14,18-21,24-25H,2,4-5,8-13H2,1,3H3,(H,26,27)/t14-,18+,19-,20+,21-,23-/m1/s1. The number of fused-ring (bicyclic) bond motifs is 1. The molecule has 0 unspecified atom stereocenters. The van der Waals surface area contributed by atoms with Crippen LogP contribution in [0.2, 0.25) is 0 Å². The Labute approximate surface area is 162 Å². The van der Waals surface area contributed by atoms with E-state index in [1.165, 1.54) is 12.0 Å². The van der Waals surface area contributed by atoms with E-state index in [4.69, 9.17) is 0 Å². The molecule has 0 aromatic rings. The fraction of sp³-hybridized carbons (Fsp3) is 0.696. The molecule has 0 aliphatic heterocycles. The molecule has 0 bridgehead atoms. The van der Waals surface area contributed by atoms with Crippen molar-refractivity contribution in [1.29, 1.82) is 0 Å². The SMILES string of the molecule is C=C1C(=CC=C2CCC[C@]3(C)[C@@H]([C@H](C)CC(=O)O)CC[C@@H]23)C[C@H](O)C[C@H]1O. The molecule has 0 spiro atoms. The number of aliphatic hydroxyl groups is 2. The fourth-order valence-corrected chi connectivity index (χ4v) is 6.10. The number of aliphatic hydroxyl groups excluding tert-OH is 2. The van der Waals surface area contributed by atoms with Gasteiger partial charge in [0, 0.05) is 12.8 Å². The molecule has 3 saturated carbocycles. The minimum absolute atomic E-state index is 0.181. The van der Waals surface area contributed by atoms with E-state index < -0.39 is 18.2 Å². The first-order valence-corrected chi connectivity index (χ1v) is 10.4. The van der Waals surface area contributed by atoms with Gasteiger partial charge in [0.25, 0.3) is 0 Å². The Morgan fingerprint density at radius 3 is 2.78 bits per heavy atom. The summed E-state index contributed by atoms with van der Waals surface area (Å²) in [6.07, 6.45) is 9.93. The second kappa shape index (κ2) is 7.92. The molecule has 3 aliphatic carbocycles. The molecule has 0 aromatic carbocycles. The van der Waals surface area contributed by atoms with E-state index in [1.54, 1.807) is 0 Å². The second-order valence-corrected chi connectivity index (χ2v) is 9.24. The smallest absolute Gasteiger partial charge is 0.303 e. The summed E-state index contributed by atoms with van der Waals surface area (Å²) >= 11 is 0. The van der Waals surface area contributed by atoms with E-state index in [-0.39, 0.29) is 17.8 Å². The van der Waals surface area contributed by atoms with E-state index in [0.717, 1.165) is 36.8 Å². The Morgan fingerprint density at radius 2 is 2.07 bits per heavy atom. The number of carbonyl (C=O) groups is 1. The molecule has 3 fully saturated rings. The topological polar surface area (TPSA) is 77.8 Å². The monoisotopic (exact) mass is 374 g/mol. The van der Waals surface area contributed by atoms with Gasteiger partial charge >= 0.3 is 5.97 Å². The highest BCUT2D eigenvalue weighted by Crippen LogP contribution is 2.59. The largest absolute Gasteiger partial charge is 0.481 e. The van der Waals surface area contributed by atoms with Gasteiger partial charge in [-0.2, -0.15) is 0 Å². The first-order valence-electron chi connectivity index (χ1n) is 10.4. The summed E-state index contributed by atoms with van der Waals surface area (Å²) in [5.41, 5.74) is 3.31. The van der Waals surface area contributed by atoms with Crippen molar-refractivity contribution < 1.29 is 20.1 Å². The van der Waals surface area contributed by atoms with Gasteiger partial charge in [-0.05, 0) is 72.8 Å². The number of aliphatic carboxylic acids is 1. The van der Waals surface area contributed by atoms with Gasteiger partial charge in [-0.15, -0.1) is 0 Å². The molecule has 0 radical (unpaired) electrons. The fourth-order valence-electron chi connectivity index (χ4n) is 6.10. The average molecular weight is 375 g/mol. The highest BCUT2D eigenvalue weighted by atomic mass is 16.4. The third-order valence-corrected chi connectivity index (χ3v) is 7.49. The van der Waals surface area contributed by atoms with Crippen molar-refractivity contribution in [1.82, 2.24) is 0 Å². The molecule has 3 rings (SSSR count). The van der Waals surface area contributed by atoms with Crippen molar-refractivity contribution in [2.24, 2.45) is 23.2 Å².